The van der Waals surface area contributed by atoms with E-state index in [2.05, 4.69) is 18.9 Å². The van der Waals surface area contributed by atoms with Gasteiger partial charge in [0.2, 0.25) is 0 Å². The molecule has 1 saturated heterocycles. The SMILES string of the molecule is CC.CC1CCCC2(CC2)N1C. The van der Waals surface area contributed by atoms with Gasteiger partial charge in [0.15, 0.2) is 0 Å². The van der Waals surface area contributed by atoms with Crippen LogP contribution in [0.5, 0.6) is 0 Å². The summed E-state index contributed by atoms with van der Waals surface area (Å²) in [5, 5.41) is 0. The highest BCUT2D eigenvalue weighted by Crippen LogP contribution is 2.48. The second-order valence-electron chi connectivity index (χ2n) is 4.08. The quantitative estimate of drug-likeness (QED) is 0.539. The van der Waals surface area contributed by atoms with E-state index in [-0.39, 0.29) is 0 Å². The maximum atomic E-state index is 2.61. The molecule has 1 heteroatoms. The molecule has 0 bridgehead atoms. The Morgan fingerprint density at radius 1 is 1.17 bits per heavy atom. The van der Waals surface area contributed by atoms with Gasteiger partial charge in [-0.1, -0.05) is 20.3 Å². The molecule has 1 unspecified atom stereocenters. The lowest BCUT2D eigenvalue weighted by atomic mass is 9.95. The first-order valence-corrected chi connectivity index (χ1v) is 5.48. The maximum absolute atomic E-state index is 2.61. The van der Waals surface area contributed by atoms with Gasteiger partial charge in [-0.3, -0.25) is 4.90 Å². The van der Waals surface area contributed by atoms with Crippen LogP contribution in [0.15, 0.2) is 0 Å². The van der Waals surface area contributed by atoms with Crippen LogP contribution >= 0.6 is 0 Å². The molecule has 2 aliphatic rings. The first-order chi connectivity index (χ1) is 5.75. The first-order valence-electron chi connectivity index (χ1n) is 5.48. The molecule has 2 fully saturated rings. The average molecular weight is 169 g/mol. The molecular weight excluding hydrogens is 146 g/mol. The van der Waals surface area contributed by atoms with E-state index in [1.807, 2.05) is 13.8 Å². The van der Waals surface area contributed by atoms with Crippen molar-refractivity contribution in [1.29, 1.82) is 0 Å². The average Bonchev–Trinajstić information content (AvgIpc) is 2.86. The van der Waals surface area contributed by atoms with E-state index in [4.69, 9.17) is 0 Å². The molecule has 0 radical (unpaired) electrons. The number of likely N-dealkylation sites (tertiary alicyclic amines) is 1. The van der Waals surface area contributed by atoms with E-state index in [1.165, 1.54) is 32.1 Å². The third-order valence-electron chi connectivity index (χ3n) is 3.50. The summed E-state index contributed by atoms with van der Waals surface area (Å²) >= 11 is 0. The molecule has 0 N–H and O–H groups in total. The molecule has 1 heterocycles. The number of rotatable bonds is 0. The van der Waals surface area contributed by atoms with Crippen LogP contribution in [0.4, 0.5) is 0 Å². The summed E-state index contributed by atoms with van der Waals surface area (Å²) < 4.78 is 0. The molecule has 0 aromatic rings. The van der Waals surface area contributed by atoms with Gasteiger partial charge in [0.05, 0.1) is 0 Å². The van der Waals surface area contributed by atoms with Gasteiger partial charge in [0.1, 0.15) is 0 Å². The van der Waals surface area contributed by atoms with Gasteiger partial charge in [-0.2, -0.15) is 0 Å². The summed E-state index contributed by atoms with van der Waals surface area (Å²) in [7, 11) is 2.30. The summed E-state index contributed by atoms with van der Waals surface area (Å²) in [6, 6.07) is 0.844. The molecule has 1 aliphatic carbocycles. The molecule has 1 nitrogen and oxygen atoms in total. The topological polar surface area (TPSA) is 3.24 Å². The van der Waals surface area contributed by atoms with Gasteiger partial charge in [0.25, 0.3) is 0 Å². The highest BCUT2D eigenvalue weighted by atomic mass is 15.2. The highest BCUT2D eigenvalue weighted by molar-refractivity contribution is 5.05. The molecule has 0 aromatic heterocycles. The molecule has 1 spiro atoms. The van der Waals surface area contributed by atoms with Crippen molar-refractivity contribution in [3.63, 3.8) is 0 Å². The van der Waals surface area contributed by atoms with Crippen LogP contribution in [0, 0.1) is 0 Å². The lowest BCUT2D eigenvalue weighted by Gasteiger charge is -2.38. The minimum atomic E-state index is 0.692. The molecule has 1 saturated carbocycles. The number of nitrogens with zero attached hydrogens (tertiary/aromatic N) is 1. The van der Waals surface area contributed by atoms with E-state index in [0.717, 1.165) is 6.04 Å². The van der Waals surface area contributed by atoms with Crippen LogP contribution in [0.25, 0.3) is 0 Å². The smallest absolute Gasteiger partial charge is 0.0210 e. The second-order valence-corrected chi connectivity index (χ2v) is 4.08. The Labute approximate surface area is 77.1 Å². The minimum Gasteiger partial charge on any atom is -0.298 e. The summed E-state index contributed by atoms with van der Waals surface area (Å²) in [6.07, 6.45) is 7.28. The Kier molecular flexibility index (Phi) is 3.16. The molecule has 1 aliphatic heterocycles. The monoisotopic (exact) mass is 169 g/mol. The minimum absolute atomic E-state index is 0.692. The predicted molar refractivity (Wildman–Crippen MR) is 54.4 cm³/mol. The summed E-state index contributed by atoms with van der Waals surface area (Å²) in [4.78, 5) is 2.61. The van der Waals surface area contributed by atoms with Crippen LogP contribution in [-0.2, 0) is 0 Å². The summed E-state index contributed by atoms with van der Waals surface area (Å²) in [6.45, 7) is 6.36. The Balaban J connectivity index is 0.000000336. The standard InChI is InChI=1S/C9H17N.C2H6/c1-8-4-3-5-9(6-7-9)10(8)2;1-2/h8H,3-7H2,1-2H3;1-2H3. The zero-order chi connectivity index (χ0) is 9.19. The molecular formula is C11H23N. The molecule has 1 atom stereocenters. The van der Waals surface area contributed by atoms with E-state index in [1.54, 1.807) is 0 Å². The van der Waals surface area contributed by atoms with Crippen molar-refractivity contribution in [3.8, 4) is 0 Å². The highest BCUT2D eigenvalue weighted by Gasteiger charge is 2.48. The number of hydrogen-bond donors (Lipinski definition) is 0. The van der Waals surface area contributed by atoms with Gasteiger partial charge in [-0.05, 0) is 39.7 Å². The van der Waals surface area contributed by atoms with Crippen molar-refractivity contribution < 1.29 is 0 Å². The van der Waals surface area contributed by atoms with Crippen molar-refractivity contribution in [2.75, 3.05) is 7.05 Å². The zero-order valence-corrected chi connectivity index (χ0v) is 9.06. The fraction of sp³-hybridized carbons (Fsp3) is 1.00. The van der Waals surface area contributed by atoms with Gasteiger partial charge < -0.3 is 0 Å². The van der Waals surface area contributed by atoms with Crippen molar-refractivity contribution in [1.82, 2.24) is 4.90 Å². The van der Waals surface area contributed by atoms with Crippen molar-refractivity contribution in [2.24, 2.45) is 0 Å². The van der Waals surface area contributed by atoms with E-state index >= 15 is 0 Å². The molecule has 2 rings (SSSR count). The van der Waals surface area contributed by atoms with Crippen LogP contribution in [0.2, 0.25) is 0 Å². The van der Waals surface area contributed by atoms with Crippen LogP contribution in [0.1, 0.15) is 52.9 Å². The molecule has 0 aromatic carbocycles. The van der Waals surface area contributed by atoms with E-state index in [0.29, 0.717) is 5.54 Å². The lowest BCUT2D eigenvalue weighted by molar-refractivity contribution is 0.108. The summed E-state index contributed by atoms with van der Waals surface area (Å²) in [5.74, 6) is 0. The lowest BCUT2D eigenvalue weighted by Crippen LogP contribution is -2.43. The van der Waals surface area contributed by atoms with Crippen molar-refractivity contribution in [2.45, 2.75) is 64.5 Å². The largest absolute Gasteiger partial charge is 0.298 e. The van der Waals surface area contributed by atoms with Gasteiger partial charge in [0, 0.05) is 11.6 Å². The first kappa shape index (κ1) is 10.0. The van der Waals surface area contributed by atoms with E-state index in [9.17, 15) is 0 Å². The molecule has 0 amide bonds. The van der Waals surface area contributed by atoms with Crippen LogP contribution < -0.4 is 0 Å². The van der Waals surface area contributed by atoms with Gasteiger partial charge in [-0.15, -0.1) is 0 Å². The summed E-state index contributed by atoms with van der Waals surface area (Å²) in [5.41, 5.74) is 0.692. The van der Waals surface area contributed by atoms with Crippen molar-refractivity contribution in [3.05, 3.63) is 0 Å². The predicted octanol–water partition coefficient (Wildman–Crippen LogP) is 3.05. The molecule has 72 valence electrons. The maximum Gasteiger partial charge on any atom is 0.0210 e. The third-order valence-corrected chi connectivity index (χ3v) is 3.50. The number of hydrogen-bond acceptors (Lipinski definition) is 1. The van der Waals surface area contributed by atoms with Crippen molar-refractivity contribution >= 4 is 0 Å². The van der Waals surface area contributed by atoms with Gasteiger partial charge in [-0.25, -0.2) is 0 Å². The Bertz CT molecular complexity index is 138. The fourth-order valence-corrected chi connectivity index (χ4v) is 2.31. The number of piperidine rings is 1. The van der Waals surface area contributed by atoms with Crippen LogP contribution in [0.3, 0.4) is 0 Å². The zero-order valence-electron chi connectivity index (χ0n) is 9.06. The Hall–Kier alpha value is -0.0400. The fourth-order valence-electron chi connectivity index (χ4n) is 2.31. The molecule has 12 heavy (non-hydrogen) atoms. The normalized spacial score (nSPS) is 32.5. The second kappa shape index (κ2) is 3.78. The Morgan fingerprint density at radius 3 is 2.17 bits per heavy atom. The third kappa shape index (κ3) is 1.66. The van der Waals surface area contributed by atoms with Crippen LogP contribution in [-0.4, -0.2) is 23.5 Å². The van der Waals surface area contributed by atoms with Gasteiger partial charge >= 0.3 is 0 Å². The Morgan fingerprint density at radius 2 is 1.75 bits per heavy atom. The van der Waals surface area contributed by atoms with E-state index < -0.39 is 0 Å².